The predicted octanol–water partition coefficient (Wildman–Crippen LogP) is 3.97. The number of piperidine rings is 1. The molecule has 0 aliphatic carbocycles. The van der Waals surface area contributed by atoms with Crippen LogP contribution < -0.4 is 10.6 Å². The van der Waals surface area contributed by atoms with Gasteiger partial charge in [-0.05, 0) is 38.7 Å². The van der Waals surface area contributed by atoms with Crippen molar-refractivity contribution in [3.63, 3.8) is 0 Å². The highest BCUT2D eigenvalue weighted by Gasteiger charge is 2.34. The Morgan fingerprint density at radius 2 is 1.87 bits per heavy atom. The summed E-state index contributed by atoms with van der Waals surface area (Å²) >= 11 is 0. The van der Waals surface area contributed by atoms with E-state index in [1.807, 2.05) is 48.0 Å². The van der Waals surface area contributed by atoms with Crippen molar-refractivity contribution < 1.29 is 4.79 Å². The monoisotopic (exact) mass is 447 g/mol. The molecule has 2 atom stereocenters. The fraction of sp³-hybridized carbons (Fsp3) is 0.409. The lowest BCUT2D eigenvalue weighted by Gasteiger charge is -2.29. The number of rotatable bonds is 4. The molecule has 2 aliphatic heterocycles. The van der Waals surface area contributed by atoms with E-state index < -0.39 is 0 Å². The van der Waals surface area contributed by atoms with Gasteiger partial charge >= 0.3 is 0 Å². The average Bonchev–Trinajstić information content (AvgIpc) is 3.30. The van der Waals surface area contributed by atoms with Gasteiger partial charge in [0.15, 0.2) is 5.65 Å². The molecular weight excluding hydrogens is 421 g/mol. The van der Waals surface area contributed by atoms with Crippen LogP contribution >= 0.6 is 24.8 Å². The number of fused-ring (bicyclic) bond motifs is 3. The van der Waals surface area contributed by atoms with Gasteiger partial charge in [-0.25, -0.2) is 9.67 Å². The van der Waals surface area contributed by atoms with Crippen LogP contribution in [0.1, 0.15) is 43.0 Å². The SMILES string of the molecule is CCn1ncc2c(C(=O)NC3CC4CCC(C3)N4)cc(-c3ccccc3)nc21.Cl.Cl. The zero-order chi connectivity index (χ0) is 19.1. The maximum absolute atomic E-state index is 13.2. The number of halogens is 2. The van der Waals surface area contributed by atoms with Crippen molar-refractivity contribution in [2.75, 3.05) is 0 Å². The molecule has 0 spiro atoms. The van der Waals surface area contributed by atoms with Crippen LogP contribution in [0.15, 0.2) is 42.6 Å². The number of benzene rings is 1. The average molecular weight is 448 g/mol. The predicted molar refractivity (Wildman–Crippen MR) is 124 cm³/mol. The lowest BCUT2D eigenvalue weighted by atomic mass is 9.99. The molecule has 2 saturated heterocycles. The Morgan fingerprint density at radius 1 is 1.17 bits per heavy atom. The van der Waals surface area contributed by atoms with E-state index in [4.69, 9.17) is 4.98 Å². The van der Waals surface area contributed by atoms with Crippen LogP contribution in [-0.4, -0.2) is 38.8 Å². The van der Waals surface area contributed by atoms with Crippen LogP contribution in [0.4, 0.5) is 0 Å². The van der Waals surface area contributed by atoms with Gasteiger partial charge in [0.05, 0.1) is 22.8 Å². The number of aryl methyl sites for hydroxylation is 1. The molecule has 8 heteroatoms. The Hall–Kier alpha value is -2.15. The Balaban J connectivity index is 0.00000128. The lowest BCUT2D eigenvalue weighted by molar-refractivity contribution is 0.0925. The van der Waals surface area contributed by atoms with E-state index in [1.54, 1.807) is 6.20 Å². The van der Waals surface area contributed by atoms with Crippen molar-refractivity contribution in [1.82, 2.24) is 25.4 Å². The molecular formula is C22H27Cl2N5O. The number of amides is 1. The fourth-order valence-corrected chi connectivity index (χ4v) is 4.66. The van der Waals surface area contributed by atoms with Gasteiger partial charge in [0.1, 0.15) is 0 Å². The van der Waals surface area contributed by atoms with Crippen LogP contribution in [0.2, 0.25) is 0 Å². The van der Waals surface area contributed by atoms with E-state index in [9.17, 15) is 4.79 Å². The third-order valence-electron chi connectivity index (χ3n) is 6.03. The summed E-state index contributed by atoms with van der Waals surface area (Å²) in [6, 6.07) is 13.2. The van der Waals surface area contributed by atoms with Gasteiger partial charge in [0, 0.05) is 30.2 Å². The van der Waals surface area contributed by atoms with E-state index in [0.29, 0.717) is 24.2 Å². The summed E-state index contributed by atoms with van der Waals surface area (Å²) in [6.07, 6.45) is 6.23. The molecule has 0 saturated carbocycles. The largest absolute Gasteiger partial charge is 0.349 e. The molecule has 4 heterocycles. The van der Waals surface area contributed by atoms with E-state index in [-0.39, 0.29) is 36.8 Å². The second-order valence-corrected chi connectivity index (χ2v) is 7.90. The number of carbonyl (C=O) groups is 1. The first-order valence-corrected chi connectivity index (χ1v) is 10.2. The summed E-state index contributed by atoms with van der Waals surface area (Å²) in [7, 11) is 0. The summed E-state index contributed by atoms with van der Waals surface area (Å²) in [5.74, 6) is -0.0217. The maximum atomic E-state index is 13.2. The van der Waals surface area contributed by atoms with Gasteiger partial charge in [-0.1, -0.05) is 30.3 Å². The molecule has 30 heavy (non-hydrogen) atoms. The Kier molecular flexibility index (Phi) is 7.01. The molecule has 2 N–H and O–H groups in total. The summed E-state index contributed by atoms with van der Waals surface area (Å²) in [5.41, 5.74) is 3.23. The van der Waals surface area contributed by atoms with E-state index in [1.165, 1.54) is 12.8 Å². The molecule has 2 bridgehead atoms. The minimum absolute atomic E-state index is 0. The van der Waals surface area contributed by atoms with Crippen LogP contribution in [0.5, 0.6) is 0 Å². The first kappa shape index (κ1) is 22.5. The summed E-state index contributed by atoms with van der Waals surface area (Å²) < 4.78 is 1.85. The molecule has 1 amide bonds. The highest BCUT2D eigenvalue weighted by atomic mass is 35.5. The number of hydrogen-bond acceptors (Lipinski definition) is 4. The van der Waals surface area contributed by atoms with Gasteiger partial charge in [0.25, 0.3) is 5.91 Å². The summed E-state index contributed by atoms with van der Waals surface area (Å²) in [4.78, 5) is 18.1. The van der Waals surface area contributed by atoms with Crippen molar-refractivity contribution in [3.05, 3.63) is 48.2 Å². The Labute approximate surface area is 188 Å². The first-order chi connectivity index (χ1) is 13.7. The van der Waals surface area contributed by atoms with E-state index in [0.717, 1.165) is 35.1 Å². The van der Waals surface area contributed by atoms with Crippen LogP contribution in [0.25, 0.3) is 22.3 Å². The Morgan fingerprint density at radius 3 is 2.53 bits per heavy atom. The van der Waals surface area contributed by atoms with Crippen molar-refractivity contribution in [1.29, 1.82) is 0 Å². The number of pyridine rings is 1. The van der Waals surface area contributed by atoms with E-state index in [2.05, 4.69) is 15.7 Å². The summed E-state index contributed by atoms with van der Waals surface area (Å²) in [5, 5.41) is 12.2. The zero-order valence-corrected chi connectivity index (χ0v) is 18.5. The highest BCUT2D eigenvalue weighted by Crippen LogP contribution is 2.28. The van der Waals surface area contributed by atoms with Crippen molar-refractivity contribution in [3.8, 4) is 11.3 Å². The molecule has 160 valence electrons. The molecule has 2 aliphatic rings. The number of carbonyl (C=O) groups excluding carboxylic acids is 1. The normalized spacial score (nSPS) is 22.2. The quantitative estimate of drug-likeness (QED) is 0.634. The van der Waals surface area contributed by atoms with Gasteiger partial charge < -0.3 is 10.6 Å². The first-order valence-electron chi connectivity index (χ1n) is 10.2. The second-order valence-electron chi connectivity index (χ2n) is 7.90. The third kappa shape index (κ3) is 4.17. The molecule has 2 fully saturated rings. The Bertz CT molecular complexity index is 1010. The van der Waals surface area contributed by atoms with Gasteiger partial charge in [0.2, 0.25) is 0 Å². The number of nitrogens with zero attached hydrogens (tertiary/aromatic N) is 3. The minimum Gasteiger partial charge on any atom is -0.349 e. The summed E-state index contributed by atoms with van der Waals surface area (Å²) in [6.45, 7) is 2.75. The standard InChI is InChI=1S/C22H25N5O.2ClH/c1-2-27-21-19(13-23-27)18(12-20(26-21)14-6-4-3-5-7-14)22(28)25-17-10-15-8-9-16(11-17)24-15;;/h3-7,12-13,15-17,24H,2,8-11H2,1H3,(H,25,28);2*1H. The maximum Gasteiger partial charge on any atom is 0.252 e. The molecule has 1 aromatic carbocycles. The molecule has 3 aromatic rings. The lowest BCUT2D eigenvalue weighted by Crippen LogP contribution is -2.48. The molecule has 6 nitrogen and oxygen atoms in total. The minimum atomic E-state index is -0.0217. The fourth-order valence-electron chi connectivity index (χ4n) is 4.66. The van der Waals surface area contributed by atoms with E-state index >= 15 is 0 Å². The van der Waals surface area contributed by atoms with Gasteiger partial charge in [-0.2, -0.15) is 5.10 Å². The molecule has 2 unspecified atom stereocenters. The van der Waals surface area contributed by atoms with Crippen molar-refractivity contribution in [2.24, 2.45) is 0 Å². The smallest absolute Gasteiger partial charge is 0.252 e. The number of hydrogen-bond donors (Lipinski definition) is 2. The van der Waals surface area contributed by atoms with Gasteiger partial charge in [-0.15, -0.1) is 24.8 Å². The highest BCUT2D eigenvalue weighted by molar-refractivity contribution is 6.06. The number of aromatic nitrogens is 3. The second kappa shape index (κ2) is 9.33. The van der Waals surface area contributed by atoms with Crippen LogP contribution in [-0.2, 0) is 6.54 Å². The van der Waals surface area contributed by atoms with Crippen LogP contribution in [0, 0.1) is 0 Å². The topological polar surface area (TPSA) is 71.8 Å². The third-order valence-corrected chi connectivity index (χ3v) is 6.03. The molecule has 0 radical (unpaired) electrons. The van der Waals surface area contributed by atoms with Crippen LogP contribution in [0.3, 0.4) is 0 Å². The number of nitrogens with one attached hydrogen (secondary N) is 2. The van der Waals surface area contributed by atoms with Gasteiger partial charge in [-0.3, -0.25) is 4.79 Å². The van der Waals surface area contributed by atoms with Crippen molar-refractivity contribution in [2.45, 2.75) is 57.3 Å². The van der Waals surface area contributed by atoms with Crippen molar-refractivity contribution >= 4 is 41.8 Å². The molecule has 2 aromatic heterocycles. The zero-order valence-electron chi connectivity index (χ0n) is 16.9. The molecule has 5 rings (SSSR count).